The number of carbonyl (C=O) groups is 1. The Morgan fingerprint density at radius 1 is 1.65 bits per heavy atom. The zero-order chi connectivity index (χ0) is 12.4. The van der Waals surface area contributed by atoms with E-state index < -0.39 is 0 Å². The summed E-state index contributed by atoms with van der Waals surface area (Å²) in [5.74, 6) is 0.116. The highest BCUT2D eigenvalue weighted by Gasteiger charge is 2.16. The van der Waals surface area contributed by atoms with Crippen molar-refractivity contribution in [3.8, 4) is 0 Å². The fourth-order valence-corrected chi connectivity index (χ4v) is 1.39. The molecule has 0 unspecified atom stereocenters. The third-order valence-corrected chi connectivity index (χ3v) is 2.42. The number of H-pyrrole nitrogens is 1. The number of nitrogens with zero attached hydrogens (tertiary/aromatic N) is 3. The van der Waals surface area contributed by atoms with Crippen LogP contribution in [0.3, 0.4) is 0 Å². The molecule has 0 aliphatic rings. The van der Waals surface area contributed by atoms with Crippen molar-refractivity contribution in [2.45, 2.75) is 20.4 Å². The SMILES string of the molecule is CCn1ccc(NC(=O)c2n[nH]c(C)c2N)n1. The van der Waals surface area contributed by atoms with E-state index in [0.29, 0.717) is 17.2 Å². The Kier molecular flexibility index (Phi) is 2.82. The third-order valence-electron chi connectivity index (χ3n) is 2.42. The summed E-state index contributed by atoms with van der Waals surface area (Å²) in [5.41, 5.74) is 6.93. The molecule has 90 valence electrons. The Morgan fingerprint density at radius 2 is 2.41 bits per heavy atom. The first-order valence-corrected chi connectivity index (χ1v) is 5.27. The number of aromatic amines is 1. The minimum absolute atomic E-state index is 0.188. The smallest absolute Gasteiger partial charge is 0.279 e. The van der Waals surface area contributed by atoms with Gasteiger partial charge in [-0.25, -0.2) is 0 Å². The molecule has 0 fully saturated rings. The Hall–Kier alpha value is -2.31. The van der Waals surface area contributed by atoms with Crippen LogP contribution in [0.5, 0.6) is 0 Å². The van der Waals surface area contributed by atoms with E-state index in [1.165, 1.54) is 0 Å². The van der Waals surface area contributed by atoms with Gasteiger partial charge in [0.2, 0.25) is 0 Å². The van der Waals surface area contributed by atoms with E-state index in [1.54, 1.807) is 23.9 Å². The average molecular weight is 234 g/mol. The van der Waals surface area contributed by atoms with Gasteiger partial charge in [-0.15, -0.1) is 0 Å². The number of hydrogen-bond acceptors (Lipinski definition) is 4. The van der Waals surface area contributed by atoms with E-state index in [1.807, 2.05) is 6.92 Å². The zero-order valence-electron chi connectivity index (χ0n) is 9.69. The third kappa shape index (κ3) is 2.12. The van der Waals surface area contributed by atoms with Gasteiger partial charge < -0.3 is 11.1 Å². The molecule has 7 heteroatoms. The summed E-state index contributed by atoms with van der Waals surface area (Å²) in [7, 11) is 0. The standard InChI is InChI=1S/C10H14N6O/c1-3-16-5-4-7(15-16)12-10(17)9-8(11)6(2)13-14-9/h4-5H,3,11H2,1-2H3,(H,13,14)(H,12,15,17). The van der Waals surface area contributed by atoms with Crippen molar-refractivity contribution >= 4 is 17.4 Å². The van der Waals surface area contributed by atoms with E-state index in [-0.39, 0.29) is 11.6 Å². The summed E-state index contributed by atoms with van der Waals surface area (Å²) in [6.45, 7) is 4.47. The predicted octanol–water partition coefficient (Wildman–Crippen LogP) is 0.769. The Bertz CT molecular complexity index is 541. The first-order valence-electron chi connectivity index (χ1n) is 5.27. The molecule has 0 aromatic carbocycles. The van der Waals surface area contributed by atoms with Gasteiger partial charge in [-0.2, -0.15) is 10.2 Å². The summed E-state index contributed by atoms with van der Waals surface area (Å²) in [6.07, 6.45) is 1.79. The fraction of sp³-hybridized carbons (Fsp3) is 0.300. The molecule has 0 radical (unpaired) electrons. The molecule has 2 aromatic rings. The molecule has 2 rings (SSSR count). The fourth-order valence-electron chi connectivity index (χ4n) is 1.39. The van der Waals surface area contributed by atoms with Gasteiger partial charge in [-0.3, -0.25) is 14.6 Å². The second-order valence-electron chi connectivity index (χ2n) is 3.62. The largest absolute Gasteiger partial charge is 0.395 e. The quantitative estimate of drug-likeness (QED) is 0.729. The van der Waals surface area contributed by atoms with Gasteiger partial charge in [0, 0.05) is 18.8 Å². The molecule has 0 spiro atoms. The number of aryl methyl sites for hydroxylation is 2. The van der Waals surface area contributed by atoms with E-state index in [2.05, 4.69) is 20.6 Å². The van der Waals surface area contributed by atoms with Crippen molar-refractivity contribution in [3.63, 3.8) is 0 Å². The molecule has 0 aliphatic heterocycles. The molecule has 0 bridgehead atoms. The minimum atomic E-state index is -0.367. The van der Waals surface area contributed by atoms with Gasteiger partial charge in [0.25, 0.3) is 5.91 Å². The molecule has 0 atom stereocenters. The van der Waals surface area contributed by atoms with Crippen molar-refractivity contribution in [1.82, 2.24) is 20.0 Å². The summed E-state index contributed by atoms with van der Waals surface area (Å²) in [6, 6.07) is 1.72. The number of nitrogens with one attached hydrogen (secondary N) is 2. The summed E-state index contributed by atoms with van der Waals surface area (Å²) in [5, 5.41) is 13.3. The lowest BCUT2D eigenvalue weighted by Crippen LogP contribution is -2.15. The van der Waals surface area contributed by atoms with Crippen LogP contribution in [0.15, 0.2) is 12.3 Å². The molecule has 4 N–H and O–H groups in total. The van der Waals surface area contributed by atoms with E-state index in [9.17, 15) is 4.79 Å². The molecular formula is C10H14N6O. The van der Waals surface area contributed by atoms with Crippen LogP contribution in [0.25, 0.3) is 0 Å². The minimum Gasteiger partial charge on any atom is -0.395 e. The van der Waals surface area contributed by atoms with Crippen molar-refractivity contribution < 1.29 is 4.79 Å². The van der Waals surface area contributed by atoms with Gasteiger partial charge in [0.05, 0.1) is 11.4 Å². The molecule has 1 amide bonds. The summed E-state index contributed by atoms with van der Waals surface area (Å²) >= 11 is 0. The molecule has 0 aliphatic carbocycles. The number of amides is 1. The van der Waals surface area contributed by atoms with Crippen LogP contribution in [0.2, 0.25) is 0 Å². The van der Waals surface area contributed by atoms with Crippen LogP contribution in [0, 0.1) is 6.92 Å². The lowest BCUT2D eigenvalue weighted by molar-refractivity contribution is 0.102. The highest BCUT2D eigenvalue weighted by atomic mass is 16.2. The lowest BCUT2D eigenvalue weighted by Gasteiger charge is -1.99. The maximum absolute atomic E-state index is 11.8. The van der Waals surface area contributed by atoms with E-state index >= 15 is 0 Å². The maximum atomic E-state index is 11.8. The van der Waals surface area contributed by atoms with Crippen molar-refractivity contribution in [1.29, 1.82) is 0 Å². The number of nitrogen functional groups attached to an aromatic ring is 1. The first kappa shape index (κ1) is 11.2. The van der Waals surface area contributed by atoms with Crippen LogP contribution in [-0.2, 0) is 6.54 Å². The van der Waals surface area contributed by atoms with Gasteiger partial charge in [0.15, 0.2) is 11.5 Å². The molecule has 17 heavy (non-hydrogen) atoms. The van der Waals surface area contributed by atoms with Crippen LogP contribution in [0.4, 0.5) is 11.5 Å². The molecule has 7 nitrogen and oxygen atoms in total. The normalized spacial score (nSPS) is 10.5. The Balaban J connectivity index is 2.14. The summed E-state index contributed by atoms with van der Waals surface area (Å²) in [4.78, 5) is 11.8. The average Bonchev–Trinajstić information content (AvgIpc) is 2.88. The van der Waals surface area contributed by atoms with Gasteiger partial charge in [0.1, 0.15) is 0 Å². The number of carbonyl (C=O) groups excluding carboxylic acids is 1. The highest BCUT2D eigenvalue weighted by molar-refractivity contribution is 6.06. The summed E-state index contributed by atoms with van der Waals surface area (Å²) < 4.78 is 1.72. The molecule has 0 saturated heterocycles. The van der Waals surface area contributed by atoms with Crippen molar-refractivity contribution in [3.05, 3.63) is 23.7 Å². The molecular weight excluding hydrogens is 220 g/mol. The molecule has 2 aromatic heterocycles. The second kappa shape index (κ2) is 4.28. The van der Waals surface area contributed by atoms with Crippen molar-refractivity contribution in [2.24, 2.45) is 0 Å². The Labute approximate surface area is 98.0 Å². The van der Waals surface area contributed by atoms with Gasteiger partial charge >= 0.3 is 0 Å². The number of nitrogens with two attached hydrogens (primary N) is 1. The van der Waals surface area contributed by atoms with Gasteiger partial charge in [-0.05, 0) is 13.8 Å². The number of hydrogen-bond donors (Lipinski definition) is 3. The van der Waals surface area contributed by atoms with Crippen molar-refractivity contribution in [2.75, 3.05) is 11.1 Å². The number of anilines is 2. The monoisotopic (exact) mass is 234 g/mol. The first-order chi connectivity index (χ1) is 8.11. The Morgan fingerprint density at radius 3 is 2.94 bits per heavy atom. The van der Waals surface area contributed by atoms with Crippen LogP contribution < -0.4 is 11.1 Å². The van der Waals surface area contributed by atoms with Gasteiger partial charge in [-0.1, -0.05) is 0 Å². The number of rotatable bonds is 3. The van der Waals surface area contributed by atoms with Crippen LogP contribution >= 0.6 is 0 Å². The zero-order valence-corrected chi connectivity index (χ0v) is 9.69. The second-order valence-corrected chi connectivity index (χ2v) is 3.62. The predicted molar refractivity (Wildman–Crippen MR) is 63.6 cm³/mol. The maximum Gasteiger partial charge on any atom is 0.279 e. The van der Waals surface area contributed by atoms with E-state index in [4.69, 9.17) is 5.73 Å². The number of aromatic nitrogens is 4. The topological polar surface area (TPSA) is 102 Å². The molecule has 0 saturated carbocycles. The van der Waals surface area contributed by atoms with E-state index in [0.717, 1.165) is 6.54 Å². The lowest BCUT2D eigenvalue weighted by atomic mass is 10.3. The van der Waals surface area contributed by atoms with Crippen LogP contribution in [-0.4, -0.2) is 25.9 Å². The van der Waals surface area contributed by atoms with Crippen LogP contribution in [0.1, 0.15) is 23.1 Å². The molecule has 2 heterocycles. The highest BCUT2D eigenvalue weighted by Crippen LogP contribution is 2.14.